The van der Waals surface area contributed by atoms with E-state index in [0.717, 1.165) is 19.3 Å². The summed E-state index contributed by atoms with van der Waals surface area (Å²) in [4.78, 5) is 40.7. The fourth-order valence-corrected chi connectivity index (χ4v) is 5.32. The average molecular weight is 396 g/mol. The monoisotopic (exact) mass is 395 g/mol. The Balaban J connectivity index is 1.93. The topological polar surface area (TPSA) is 108 Å². The number of hydrogen-bond acceptors (Lipinski definition) is 5. The van der Waals surface area contributed by atoms with Crippen molar-refractivity contribution in [2.45, 2.75) is 70.1 Å². The van der Waals surface area contributed by atoms with E-state index in [4.69, 9.17) is 4.74 Å². The number of rotatable bonds is 9. The van der Waals surface area contributed by atoms with E-state index in [1.807, 2.05) is 20.8 Å². The van der Waals surface area contributed by atoms with Gasteiger partial charge >= 0.3 is 0 Å². The lowest BCUT2D eigenvalue weighted by atomic mass is 9.66. The first-order valence-electron chi connectivity index (χ1n) is 10.5. The Kier molecular flexibility index (Phi) is 6.00. The number of unbranched alkanes of at least 4 members (excludes halogenated alkanes) is 1. The van der Waals surface area contributed by atoms with Gasteiger partial charge in [0.25, 0.3) is 0 Å². The van der Waals surface area contributed by atoms with Crippen LogP contribution in [0.25, 0.3) is 0 Å². The minimum absolute atomic E-state index is 0.0618. The Morgan fingerprint density at radius 2 is 1.89 bits per heavy atom. The molecule has 158 valence electrons. The van der Waals surface area contributed by atoms with Crippen molar-refractivity contribution >= 4 is 17.7 Å². The van der Waals surface area contributed by atoms with Crippen LogP contribution in [0.5, 0.6) is 0 Å². The summed E-state index contributed by atoms with van der Waals surface area (Å²) in [7, 11) is 0. The molecule has 0 aromatic heterocycles. The first kappa shape index (κ1) is 21.0. The van der Waals surface area contributed by atoms with Crippen LogP contribution in [0.15, 0.2) is 0 Å². The second kappa shape index (κ2) is 7.99. The zero-order chi connectivity index (χ0) is 20.5. The highest BCUT2D eigenvalue weighted by atomic mass is 16.5. The van der Waals surface area contributed by atoms with Gasteiger partial charge in [-0.15, -0.1) is 0 Å². The minimum atomic E-state index is -0.995. The molecule has 2 unspecified atom stereocenters. The molecular weight excluding hydrogens is 362 g/mol. The summed E-state index contributed by atoms with van der Waals surface area (Å²) in [5.74, 6) is -1.99. The third-order valence-corrected chi connectivity index (χ3v) is 6.53. The number of likely N-dealkylation sites (tertiary alicyclic amines) is 1. The van der Waals surface area contributed by atoms with Crippen molar-refractivity contribution < 1.29 is 24.2 Å². The van der Waals surface area contributed by atoms with Gasteiger partial charge in [0.15, 0.2) is 0 Å². The van der Waals surface area contributed by atoms with Crippen molar-refractivity contribution in [3.05, 3.63) is 0 Å². The largest absolute Gasteiger partial charge is 0.395 e. The van der Waals surface area contributed by atoms with Crippen LogP contribution in [-0.4, -0.2) is 71.2 Å². The van der Waals surface area contributed by atoms with Crippen molar-refractivity contribution in [2.24, 2.45) is 11.8 Å². The number of carbonyl (C=O) groups is 3. The summed E-state index contributed by atoms with van der Waals surface area (Å²) in [6.07, 6.45) is 3.80. The molecule has 1 spiro atoms. The number of carbonyl (C=O) groups excluding carboxylic acids is 3. The van der Waals surface area contributed by atoms with Gasteiger partial charge in [-0.3, -0.25) is 14.4 Å². The summed E-state index contributed by atoms with van der Waals surface area (Å²) in [6.45, 7) is 6.79. The van der Waals surface area contributed by atoms with E-state index in [9.17, 15) is 19.5 Å². The van der Waals surface area contributed by atoms with Gasteiger partial charge in [0.05, 0.1) is 24.0 Å². The number of β-amino-alcohol motifs (C(OH)–C–C–N with tert-alkyl or cyclic N) is 1. The van der Waals surface area contributed by atoms with Gasteiger partial charge in [0.2, 0.25) is 17.7 Å². The molecule has 8 nitrogen and oxygen atoms in total. The maximum Gasteiger partial charge on any atom is 0.245 e. The van der Waals surface area contributed by atoms with Crippen LogP contribution in [0.2, 0.25) is 0 Å². The van der Waals surface area contributed by atoms with E-state index in [0.29, 0.717) is 25.9 Å². The molecule has 3 aliphatic heterocycles. The molecule has 28 heavy (non-hydrogen) atoms. The Bertz CT molecular complexity index is 641. The highest BCUT2D eigenvalue weighted by Crippen LogP contribution is 2.63. The number of nitrogens with zero attached hydrogens (tertiary/aromatic N) is 1. The number of fused-ring (bicyclic) bond motifs is 1. The summed E-state index contributed by atoms with van der Waals surface area (Å²) in [5.41, 5.74) is -1.74. The highest BCUT2D eigenvalue weighted by Gasteiger charge is 2.77. The molecule has 3 fully saturated rings. The van der Waals surface area contributed by atoms with Gasteiger partial charge < -0.3 is 25.4 Å². The van der Waals surface area contributed by atoms with Crippen molar-refractivity contribution in [2.75, 3.05) is 26.2 Å². The minimum Gasteiger partial charge on any atom is -0.395 e. The first-order valence-corrected chi connectivity index (χ1v) is 10.5. The van der Waals surface area contributed by atoms with E-state index >= 15 is 0 Å². The summed E-state index contributed by atoms with van der Waals surface area (Å²) < 4.78 is 6.41. The average Bonchev–Trinajstić information content (AvgIpc) is 3.22. The molecule has 3 rings (SSSR count). The fraction of sp³-hybridized carbons (Fsp3) is 0.850. The van der Waals surface area contributed by atoms with Gasteiger partial charge in [-0.2, -0.15) is 0 Å². The maximum atomic E-state index is 13.3. The number of nitrogens with one attached hydrogen (secondary N) is 2. The molecule has 0 aromatic rings. The normalized spacial score (nSPS) is 35.9. The van der Waals surface area contributed by atoms with Crippen molar-refractivity contribution in [1.82, 2.24) is 15.5 Å². The summed E-state index contributed by atoms with van der Waals surface area (Å²) >= 11 is 0. The van der Waals surface area contributed by atoms with Gasteiger partial charge in [-0.05, 0) is 32.6 Å². The van der Waals surface area contributed by atoms with Crippen LogP contribution in [-0.2, 0) is 19.1 Å². The number of aliphatic hydroxyl groups excluding tert-OH is 1. The number of ether oxygens (including phenoxy) is 1. The van der Waals surface area contributed by atoms with E-state index in [2.05, 4.69) is 10.6 Å². The molecule has 5 atom stereocenters. The third kappa shape index (κ3) is 3.10. The van der Waals surface area contributed by atoms with Crippen LogP contribution >= 0.6 is 0 Å². The Labute approximate surface area is 166 Å². The molecule has 0 aliphatic carbocycles. The fourth-order valence-electron chi connectivity index (χ4n) is 5.32. The van der Waals surface area contributed by atoms with E-state index in [1.54, 1.807) is 0 Å². The molecule has 3 aliphatic rings. The molecule has 0 aromatic carbocycles. The second-order valence-electron chi connectivity index (χ2n) is 8.42. The number of hydrogen-bond donors (Lipinski definition) is 3. The smallest absolute Gasteiger partial charge is 0.245 e. The first-order chi connectivity index (χ1) is 13.4. The predicted molar refractivity (Wildman–Crippen MR) is 102 cm³/mol. The second-order valence-corrected chi connectivity index (χ2v) is 8.42. The molecule has 2 bridgehead atoms. The molecule has 0 radical (unpaired) electrons. The Morgan fingerprint density at radius 1 is 1.18 bits per heavy atom. The van der Waals surface area contributed by atoms with Crippen LogP contribution in [0.1, 0.15) is 52.9 Å². The van der Waals surface area contributed by atoms with Crippen molar-refractivity contribution in [3.63, 3.8) is 0 Å². The molecule has 3 amide bonds. The maximum absolute atomic E-state index is 13.3. The van der Waals surface area contributed by atoms with Gasteiger partial charge in [-0.1, -0.05) is 20.3 Å². The molecule has 3 N–H and O–H groups in total. The van der Waals surface area contributed by atoms with Crippen molar-refractivity contribution in [3.8, 4) is 0 Å². The highest BCUT2D eigenvalue weighted by molar-refractivity contribution is 5.99. The summed E-state index contributed by atoms with van der Waals surface area (Å²) in [6, 6.07) is -0.806. The van der Waals surface area contributed by atoms with Gasteiger partial charge in [0, 0.05) is 19.6 Å². The lowest BCUT2D eigenvalue weighted by Gasteiger charge is -2.33. The summed E-state index contributed by atoms with van der Waals surface area (Å²) in [5, 5.41) is 15.3. The van der Waals surface area contributed by atoms with Crippen LogP contribution in [0, 0.1) is 11.8 Å². The van der Waals surface area contributed by atoms with Gasteiger partial charge in [-0.25, -0.2) is 0 Å². The van der Waals surface area contributed by atoms with Crippen LogP contribution in [0.4, 0.5) is 0 Å². The molecule has 3 saturated heterocycles. The molecule has 8 heteroatoms. The molecule has 0 saturated carbocycles. The van der Waals surface area contributed by atoms with Crippen molar-refractivity contribution in [1.29, 1.82) is 0 Å². The Hall–Kier alpha value is -1.67. The lowest BCUT2D eigenvalue weighted by Crippen LogP contribution is -2.55. The number of amides is 3. The van der Waals surface area contributed by atoms with E-state index in [1.165, 1.54) is 4.90 Å². The predicted octanol–water partition coefficient (Wildman–Crippen LogP) is 0.186. The van der Waals surface area contributed by atoms with E-state index in [-0.39, 0.29) is 30.9 Å². The quantitative estimate of drug-likeness (QED) is 0.483. The lowest BCUT2D eigenvalue weighted by molar-refractivity contribution is -0.146. The molecular formula is C20H33N3O5. The van der Waals surface area contributed by atoms with Crippen LogP contribution in [0.3, 0.4) is 0 Å². The van der Waals surface area contributed by atoms with Gasteiger partial charge in [0.1, 0.15) is 11.6 Å². The molecule has 3 heterocycles. The zero-order valence-corrected chi connectivity index (χ0v) is 17.1. The SMILES string of the molecule is CCCCNC(=O)C1N(CCO)C(=O)[C@@H]2[C@H](C(=O)NCCC)[C@]3(C)CCC12O3. The zero-order valence-electron chi connectivity index (χ0n) is 17.1. The standard InChI is InChI=1S/C20H33N3O5/c1-4-6-10-22-17(26)15-20-8-7-19(3,28-20)13(16(25)21-9-5-2)14(20)18(27)23(15)11-12-24/h13-15,24H,4-12H2,1-3H3,(H,21,25)(H,22,26)/t13-,14+,15?,19+,20?/m1/s1. The van der Waals surface area contributed by atoms with Crippen LogP contribution < -0.4 is 10.6 Å². The third-order valence-electron chi connectivity index (χ3n) is 6.53. The Morgan fingerprint density at radius 3 is 2.54 bits per heavy atom. The number of aliphatic hydroxyl groups is 1. The van der Waals surface area contributed by atoms with E-state index < -0.39 is 29.1 Å².